The molecule has 0 unspecified atom stereocenters. The summed E-state index contributed by atoms with van der Waals surface area (Å²) in [6.45, 7) is 3.82. The van der Waals surface area contributed by atoms with Gasteiger partial charge in [-0.15, -0.1) is 0 Å². The van der Waals surface area contributed by atoms with Crippen molar-refractivity contribution in [1.29, 1.82) is 0 Å². The van der Waals surface area contributed by atoms with E-state index in [1.807, 2.05) is 38.1 Å². The van der Waals surface area contributed by atoms with Crippen LogP contribution in [0.3, 0.4) is 0 Å². The van der Waals surface area contributed by atoms with Crippen molar-refractivity contribution < 1.29 is 19.1 Å². The van der Waals surface area contributed by atoms with E-state index in [4.69, 9.17) is 21.1 Å². The number of amides is 1. The van der Waals surface area contributed by atoms with Gasteiger partial charge in [0, 0.05) is 5.39 Å². The van der Waals surface area contributed by atoms with Gasteiger partial charge in [-0.3, -0.25) is 9.59 Å². The molecular formula is C22H21ClN2O4. The Morgan fingerprint density at radius 1 is 1.10 bits per heavy atom. The summed E-state index contributed by atoms with van der Waals surface area (Å²) in [5.74, 6) is -0.539. The summed E-state index contributed by atoms with van der Waals surface area (Å²) >= 11 is 6.37. The van der Waals surface area contributed by atoms with Gasteiger partial charge in [-0.05, 0) is 37.6 Å². The summed E-state index contributed by atoms with van der Waals surface area (Å²) in [7, 11) is 0. The molecule has 1 amide bonds. The van der Waals surface area contributed by atoms with Gasteiger partial charge in [-0.1, -0.05) is 41.9 Å². The average Bonchev–Trinajstić information content (AvgIpc) is 2.74. The predicted octanol–water partition coefficient (Wildman–Crippen LogP) is 4.07. The number of esters is 1. The number of fused-ring (bicyclic) bond motifs is 1. The molecule has 29 heavy (non-hydrogen) atoms. The number of halogens is 1. The van der Waals surface area contributed by atoms with Gasteiger partial charge < -0.3 is 14.8 Å². The third kappa shape index (κ3) is 4.84. The highest BCUT2D eigenvalue weighted by molar-refractivity contribution is 6.32. The first-order valence-electron chi connectivity index (χ1n) is 9.20. The molecule has 0 fully saturated rings. The molecule has 6 nitrogen and oxygen atoms in total. The van der Waals surface area contributed by atoms with Crippen LogP contribution in [-0.4, -0.2) is 30.0 Å². The number of benzene rings is 2. The number of aromatic nitrogens is 1. The number of nitrogens with zero attached hydrogens (tertiary/aromatic N) is 1. The standard InChI is InChI=1S/C22H21ClN2O4/c1-3-28-19-11-7-5-9-16(19)22(27)24-12-20(26)29-13-18-21(23)14(2)15-8-4-6-10-17(15)25-18/h4-11H,3,12-13H2,1-2H3,(H,24,27). The van der Waals surface area contributed by atoms with Crippen molar-refractivity contribution in [2.75, 3.05) is 13.2 Å². The highest BCUT2D eigenvalue weighted by Gasteiger charge is 2.15. The first-order valence-corrected chi connectivity index (χ1v) is 9.58. The van der Waals surface area contributed by atoms with Gasteiger partial charge in [0.1, 0.15) is 18.9 Å². The smallest absolute Gasteiger partial charge is 0.325 e. The minimum atomic E-state index is -0.587. The molecule has 0 spiro atoms. The molecule has 0 bridgehead atoms. The van der Waals surface area contributed by atoms with Crippen LogP contribution in [0.1, 0.15) is 28.5 Å². The molecule has 0 aliphatic rings. The van der Waals surface area contributed by atoms with Crippen LogP contribution in [0.5, 0.6) is 5.75 Å². The lowest BCUT2D eigenvalue weighted by Gasteiger charge is -2.12. The summed E-state index contributed by atoms with van der Waals surface area (Å²) in [6.07, 6.45) is 0. The third-order valence-corrected chi connectivity index (χ3v) is 4.84. The second kappa shape index (κ2) is 9.39. The number of hydrogen-bond donors (Lipinski definition) is 1. The maximum atomic E-state index is 12.3. The van der Waals surface area contributed by atoms with Gasteiger partial charge in [0.25, 0.3) is 5.91 Å². The van der Waals surface area contributed by atoms with Crippen LogP contribution in [0.4, 0.5) is 0 Å². The zero-order valence-electron chi connectivity index (χ0n) is 16.2. The average molecular weight is 413 g/mol. The van der Waals surface area contributed by atoms with E-state index in [9.17, 15) is 9.59 Å². The number of carbonyl (C=O) groups excluding carboxylic acids is 2. The van der Waals surface area contributed by atoms with E-state index in [1.165, 1.54) is 0 Å². The largest absolute Gasteiger partial charge is 0.493 e. The van der Waals surface area contributed by atoms with Crippen LogP contribution in [0, 0.1) is 6.92 Å². The van der Waals surface area contributed by atoms with Gasteiger partial charge in [0.2, 0.25) is 0 Å². The maximum Gasteiger partial charge on any atom is 0.325 e. The number of hydrogen-bond acceptors (Lipinski definition) is 5. The third-order valence-electron chi connectivity index (χ3n) is 4.34. The molecule has 0 radical (unpaired) electrons. The fourth-order valence-electron chi connectivity index (χ4n) is 2.90. The second-order valence-electron chi connectivity index (χ2n) is 6.29. The Morgan fingerprint density at radius 2 is 1.83 bits per heavy atom. The van der Waals surface area contributed by atoms with Gasteiger partial charge in [-0.2, -0.15) is 0 Å². The van der Waals surface area contributed by atoms with E-state index >= 15 is 0 Å². The van der Waals surface area contributed by atoms with Crippen LogP contribution < -0.4 is 10.1 Å². The molecule has 0 saturated heterocycles. The van der Waals surface area contributed by atoms with Gasteiger partial charge >= 0.3 is 5.97 Å². The summed E-state index contributed by atoms with van der Waals surface area (Å²) < 4.78 is 10.7. The van der Waals surface area contributed by atoms with Crippen LogP contribution in [0.25, 0.3) is 10.9 Å². The first-order chi connectivity index (χ1) is 14.0. The molecule has 3 aromatic rings. The maximum absolute atomic E-state index is 12.3. The van der Waals surface area contributed by atoms with Gasteiger partial charge in [-0.25, -0.2) is 4.98 Å². The monoisotopic (exact) mass is 412 g/mol. The quantitative estimate of drug-likeness (QED) is 0.592. The molecular weight excluding hydrogens is 392 g/mol. The lowest BCUT2D eigenvalue weighted by Crippen LogP contribution is -2.31. The lowest BCUT2D eigenvalue weighted by atomic mass is 10.1. The molecule has 2 aromatic carbocycles. The molecule has 0 saturated carbocycles. The van der Waals surface area contributed by atoms with E-state index < -0.39 is 11.9 Å². The number of nitrogens with one attached hydrogen (secondary N) is 1. The molecule has 1 N–H and O–H groups in total. The molecule has 1 aromatic heterocycles. The van der Waals surface area contributed by atoms with E-state index in [0.717, 1.165) is 16.5 Å². The second-order valence-corrected chi connectivity index (χ2v) is 6.67. The van der Waals surface area contributed by atoms with Crippen molar-refractivity contribution in [3.63, 3.8) is 0 Å². The number of para-hydroxylation sites is 2. The fourth-order valence-corrected chi connectivity index (χ4v) is 3.09. The molecule has 1 heterocycles. The van der Waals surface area contributed by atoms with E-state index in [2.05, 4.69) is 10.3 Å². The minimum Gasteiger partial charge on any atom is -0.493 e. The van der Waals surface area contributed by atoms with Crippen LogP contribution in [0.2, 0.25) is 5.02 Å². The summed E-state index contributed by atoms with van der Waals surface area (Å²) in [6, 6.07) is 14.5. The normalized spacial score (nSPS) is 10.6. The van der Waals surface area contributed by atoms with Crippen molar-refractivity contribution in [3.8, 4) is 5.75 Å². The van der Waals surface area contributed by atoms with Gasteiger partial charge in [0.05, 0.1) is 28.4 Å². The molecule has 0 aliphatic heterocycles. The van der Waals surface area contributed by atoms with E-state index in [1.54, 1.807) is 24.3 Å². The fraction of sp³-hybridized carbons (Fsp3) is 0.227. The Balaban J connectivity index is 1.60. The molecule has 3 rings (SSSR count). The summed E-state index contributed by atoms with van der Waals surface area (Å²) in [5, 5.41) is 3.96. The highest BCUT2D eigenvalue weighted by Crippen LogP contribution is 2.27. The number of carbonyl (C=O) groups is 2. The van der Waals surface area contributed by atoms with Crippen LogP contribution in [-0.2, 0) is 16.1 Å². The van der Waals surface area contributed by atoms with Crippen molar-refractivity contribution in [1.82, 2.24) is 10.3 Å². The van der Waals surface area contributed by atoms with E-state index in [0.29, 0.717) is 28.6 Å². The number of rotatable bonds is 7. The first kappa shape index (κ1) is 20.6. The van der Waals surface area contributed by atoms with Crippen molar-refractivity contribution in [3.05, 3.63) is 70.4 Å². The Morgan fingerprint density at radius 3 is 2.62 bits per heavy atom. The molecule has 7 heteroatoms. The van der Waals surface area contributed by atoms with E-state index in [-0.39, 0.29) is 13.2 Å². The molecule has 0 aliphatic carbocycles. The Bertz CT molecular complexity index is 1050. The number of pyridine rings is 1. The van der Waals surface area contributed by atoms with Crippen molar-refractivity contribution >= 4 is 34.4 Å². The minimum absolute atomic E-state index is 0.0747. The molecule has 0 atom stereocenters. The summed E-state index contributed by atoms with van der Waals surface area (Å²) in [5.41, 5.74) is 2.49. The van der Waals surface area contributed by atoms with Crippen LogP contribution >= 0.6 is 11.6 Å². The lowest BCUT2D eigenvalue weighted by molar-refractivity contribution is -0.143. The predicted molar refractivity (Wildman–Crippen MR) is 111 cm³/mol. The Kier molecular flexibility index (Phi) is 6.67. The number of aryl methyl sites for hydroxylation is 1. The summed E-state index contributed by atoms with van der Waals surface area (Å²) in [4.78, 5) is 28.9. The molecule has 150 valence electrons. The topological polar surface area (TPSA) is 77.5 Å². The Hall–Kier alpha value is -3.12. The number of ether oxygens (including phenoxy) is 2. The Labute approximate surface area is 173 Å². The highest BCUT2D eigenvalue weighted by atomic mass is 35.5. The van der Waals surface area contributed by atoms with Crippen LogP contribution in [0.15, 0.2) is 48.5 Å². The van der Waals surface area contributed by atoms with Crippen molar-refractivity contribution in [2.45, 2.75) is 20.5 Å². The van der Waals surface area contributed by atoms with Crippen molar-refractivity contribution in [2.24, 2.45) is 0 Å². The SMILES string of the molecule is CCOc1ccccc1C(=O)NCC(=O)OCc1nc2ccccc2c(C)c1Cl. The van der Waals surface area contributed by atoms with Gasteiger partial charge in [0.15, 0.2) is 0 Å². The zero-order valence-corrected chi connectivity index (χ0v) is 17.0. The zero-order chi connectivity index (χ0) is 20.8.